The minimum atomic E-state index is 0.0326. The van der Waals surface area contributed by atoms with Crippen molar-refractivity contribution in [2.75, 3.05) is 31.1 Å². The van der Waals surface area contributed by atoms with Crippen LogP contribution in [0.15, 0.2) is 33.2 Å². The summed E-state index contributed by atoms with van der Waals surface area (Å²) in [6, 6.07) is 6.19. The van der Waals surface area contributed by atoms with Gasteiger partial charge in [-0.3, -0.25) is 9.36 Å². The Morgan fingerprint density at radius 1 is 1.11 bits per heavy atom. The van der Waals surface area contributed by atoms with E-state index in [0.717, 1.165) is 40.8 Å². The maximum atomic E-state index is 12.9. The average Bonchev–Trinajstić information content (AvgIpc) is 2.63. The van der Waals surface area contributed by atoms with Gasteiger partial charge in [-0.15, -0.1) is 5.10 Å². The SMILES string of the molecule is C=N/N=C(\C(C)=N)N1CCN(c2cc3c(C)cc(C)cc3c(=O)n2C)CC1. The van der Waals surface area contributed by atoms with Crippen LogP contribution in [0.2, 0.25) is 0 Å². The van der Waals surface area contributed by atoms with E-state index < -0.39 is 0 Å². The molecule has 2 aromatic rings. The fraction of sp³-hybridized carbons (Fsp3) is 0.400. The van der Waals surface area contributed by atoms with Gasteiger partial charge in [0.2, 0.25) is 0 Å². The lowest BCUT2D eigenvalue weighted by Gasteiger charge is -2.37. The van der Waals surface area contributed by atoms with E-state index in [1.165, 1.54) is 0 Å². The van der Waals surface area contributed by atoms with Crippen LogP contribution in [0.5, 0.6) is 0 Å². The predicted molar refractivity (Wildman–Crippen MR) is 113 cm³/mol. The van der Waals surface area contributed by atoms with E-state index in [9.17, 15) is 4.79 Å². The van der Waals surface area contributed by atoms with Crippen LogP contribution in [0.1, 0.15) is 18.1 Å². The van der Waals surface area contributed by atoms with Gasteiger partial charge in [0, 0.05) is 45.3 Å². The number of nitrogens with one attached hydrogen (secondary N) is 1. The van der Waals surface area contributed by atoms with Crippen molar-refractivity contribution in [3.05, 3.63) is 39.7 Å². The second-order valence-corrected chi connectivity index (χ2v) is 7.07. The summed E-state index contributed by atoms with van der Waals surface area (Å²) in [4.78, 5) is 17.2. The summed E-state index contributed by atoms with van der Waals surface area (Å²) in [6.07, 6.45) is 0. The van der Waals surface area contributed by atoms with E-state index in [4.69, 9.17) is 5.41 Å². The number of nitrogens with zero attached hydrogens (tertiary/aromatic N) is 5. The topological polar surface area (TPSA) is 77.1 Å². The molecule has 0 radical (unpaired) electrons. The number of anilines is 1. The molecule has 7 heteroatoms. The largest absolute Gasteiger partial charge is 0.354 e. The number of benzene rings is 1. The van der Waals surface area contributed by atoms with Gasteiger partial charge in [-0.2, -0.15) is 5.10 Å². The molecule has 1 aromatic carbocycles. The van der Waals surface area contributed by atoms with Crippen molar-refractivity contribution in [3.8, 4) is 0 Å². The molecule has 0 amide bonds. The molecule has 1 saturated heterocycles. The lowest BCUT2D eigenvalue weighted by Crippen LogP contribution is -2.51. The Morgan fingerprint density at radius 2 is 1.78 bits per heavy atom. The first-order valence-electron chi connectivity index (χ1n) is 9.03. The smallest absolute Gasteiger partial charge is 0.259 e. The lowest BCUT2D eigenvalue weighted by molar-refractivity contribution is 0.385. The number of hydrogen-bond donors (Lipinski definition) is 1. The normalized spacial score (nSPS) is 15.3. The van der Waals surface area contributed by atoms with Gasteiger partial charge < -0.3 is 15.2 Å². The zero-order valence-electron chi connectivity index (χ0n) is 16.4. The molecule has 7 nitrogen and oxygen atoms in total. The van der Waals surface area contributed by atoms with Gasteiger partial charge in [0.1, 0.15) is 5.82 Å². The van der Waals surface area contributed by atoms with Gasteiger partial charge in [0.25, 0.3) is 5.56 Å². The highest BCUT2D eigenvalue weighted by Gasteiger charge is 2.23. The first kappa shape index (κ1) is 18.8. The van der Waals surface area contributed by atoms with Crippen LogP contribution >= 0.6 is 0 Å². The standard InChI is InChI=1S/C20H26N6O/c1-13-10-14(2)16-12-18(24(5)20(27)17(16)11-13)25-6-8-26(9-7-25)19(15(3)21)23-22-4/h10-12,21H,4,6-9H2,1-3,5H3/b21-15?,23-19+. The fourth-order valence-corrected chi connectivity index (χ4v) is 3.75. The Bertz CT molecular complexity index is 996. The Kier molecular flexibility index (Phi) is 5.12. The number of aryl methyl sites for hydroxylation is 2. The van der Waals surface area contributed by atoms with Crippen molar-refractivity contribution < 1.29 is 0 Å². The number of hydrogen-bond acceptors (Lipinski definition) is 5. The van der Waals surface area contributed by atoms with E-state index in [1.807, 2.05) is 31.9 Å². The van der Waals surface area contributed by atoms with Crippen LogP contribution in [-0.4, -0.2) is 53.9 Å². The van der Waals surface area contributed by atoms with Crippen LogP contribution in [0.25, 0.3) is 10.8 Å². The molecule has 0 bridgehead atoms. The van der Waals surface area contributed by atoms with E-state index in [1.54, 1.807) is 11.5 Å². The molecule has 0 saturated carbocycles. The molecule has 3 rings (SSSR count). The molecular formula is C20H26N6O. The van der Waals surface area contributed by atoms with Gasteiger partial charge in [-0.25, -0.2) is 0 Å². The number of amidine groups is 1. The number of pyridine rings is 1. The van der Waals surface area contributed by atoms with Gasteiger partial charge in [0.05, 0.1) is 5.71 Å². The van der Waals surface area contributed by atoms with E-state index in [-0.39, 0.29) is 5.56 Å². The highest BCUT2D eigenvalue weighted by atomic mass is 16.1. The quantitative estimate of drug-likeness (QED) is 0.514. The molecule has 0 aliphatic carbocycles. The zero-order valence-corrected chi connectivity index (χ0v) is 16.4. The van der Waals surface area contributed by atoms with Crippen LogP contribution < -0.4 is 10.5 Å². The molecule has 0 spiro atoms. The minimum absolute atomic E-state index is 0.0326. The fourth-order valence-electron chi connectivity index (χ4n) is 3.75. The summed E-state index contributed by atoms with van der Waals surface area (Å²) < 4.78 is 1.74. The summed E-state index contributed by atoms with van der Waals surface area (Å²) in [5, 5.41) is 17.2. The van der Waals surface area contributed by atoms with Crippen LogP contribution in [0.4, 0.5) is 5.82 Å². The maximum absolute atomic E-state index is 12.9. The van der Waals surface area contributed by atoms with Gasteiger partial charge in [-0.1, -0.05) is 11.6 Å². The van der Waals surface area contributed by atoms with E-state index >= 15 is 0 Å². The van der Waals surface area contributed by atoms with Gasteiger partial charge >= 0.3 is 0 Å². The molecule has 2 heterocycles. The lowest BCUT2D eigenvalue weighted by atomic mass is 10.0. The average molecular weight is 366 g/mol. The molecule has 142 valence electrons. The molecule has 1 aliphatic heterocycles. The van der Waals surface area contributed by atoms with Crippen molar-refractivity contribution in [1.82, 2.24) is 9.47 Å². The highest BCUT2D eigenvalue weighted by Crippen LogP contribution is 2.24. The molecule has 0 atom stereocenters. The summed E-state index contributed by atoms with van der Waals surface area (Å²) in [5.41, 5.74) is 2.63. The summed E-state index contributed by atoms with van der Waals surface area (Å²) in [6.45, 7) is 12.1. The Balaban J connectivity index is 1.93. The van der Waals surface area contributed by atoms with Crippen molar-refractivity contribution in [3.63, 3.8) is 0 Å². The first-order chi connectivity index (χ1) is 12.8. The monoisotopic (exact) mass is 366 g/mol. The summed E-state index contributed by atoms with van der Waals surface area (Å²) >= 11 is 0. The van der Waals surface area contributed by atoms with Crippen molar-refractivity contribution >= 4 is 34.9 Å². The van der Waals surface area contributed by atoms with Gasteiger partial charge in [0.15, 0.2) is 5.84 Å². The van der Waals surface area contributed by atoms with Crippen molar-refractivity contribution in [2.45, 2.75) is 20.8 Å². The second kappa shape index (κ2) is 7.34. The second-order valence-electron chi connectivity index (χ2n) is 7.07. The number of fused-ring (bicyclic) bond motifs is 1. The first-order valence-corrected chi connectivity index (χ1v) is 9.03. The highest BCUT2D eigenvalue weighted by molar-refractivity contribution is 6.39. The number of rotatable bonds is 3. The number of aromatic nitrogens is 1. The molecular weight excluding hydrogens is 340 g/mol. The van der Waals surface area contributed by atoms with Crippen molar-refractivity contribution in [2.24, 2.45) is 17.3 Å². The molecule has 1 N–H and O–H groups in total. The molecule has 1 aromatic heterocycles. The molecule has 1 aliphatic rings. The van der Waals surface area contributed by atoms with Crippen LogP contribution in [0, 0.1) is 19.3 Å². The third-order valence-electron chi connectivity index (χ3n) is 5.09. The third kappa shape index (κ3) is 3.49. The summed E-state index contributed by atoms with van der Waals surface area (Å²) in [5.74, 6) is 1.48. The Hall–Kier alpha value is -2.96. The molecule has 0 unspecified atom stereocenters. The Labute approximate surface area is 159 Å². The minimum Gasteiger partial charge on any atom is -0.354 e. The zero-order chi connectivity index (χ0) is 19.7. The van der Waals surface area contributed by atoms with Crippen molar-refractivity contribution in [1.29, 1.82) is 5.41 Å². The third-order valence-corrected chi connectivity index (χ3v) is 5.09. The maximum Gasteiger partial charge on any atom is 0.259 e. The number of piperazine rings is 1. The van der Waals surface area contributed by atoms with Crippen LogP contribution in [-0.2, 0) is 7.05 Å². The molecule has 1 fully saturated rings. The molecule has 27 heavy (non-hydrogen) atoms. The van der Waals surface area contributed by atoms with Crippen LogP contribution in [0.3, 0.4) is 0 Å². The van der Waals surface area contributed by atoms with Gasteiger partial charge in [-0.05, 0) is 43.9 Å². The Morgan fingerprint density at radius 3 is 2.37 bits per heavy atom. The predicted octanol–water partition coefficient (Wildman–Crippen LogP) is 2.33. The van der Waals surface area contributed by atoms with E-state index in [2.05, 4.69) is 34.0 Å². The summed E-state index contributed by atoms with van der Waals surface area (Å²) in [7, 11) is 1.83. The van der Waals surface area contributed by atoms with E-state index in [0.29, 0.717) is 24.6 Å².